The highest BCUT2D eigenvalue weighted by atomic mass is 32.2. The number of imidazole rings is 1. The lowest BCUT2D eigenvalue weighted by Crippen LogP contribution is -2.17. The third kappa shape index (κ3) is 4.25. The van der Waals surface area contributed by atoms with E-state index < -0.39 is 10.0 Å². The molecule has 0 saturated carbocycles. The maximum absolute atomic E-state index is 13.4. The number of anilines is 1. The van der Waals surface area contributed by atoms with E-state index in [4.69, 9.17) is 4.74 Å². The molecule has 0 spiro atoms. The molecule has 0 radical (unpaired) electrons. The van der Waals surface area contributed by atoms with Crippen molar-refractivity contribution in [2.45, 2.75) is 10.1 Å². The standard InChI is InChI=1S/C23H18N4O4S3/c1-31-15-11-12-18-20(13-15)33-22(24-18)26-21(28)14-32-23-25-17-9-5-6-10-19(17)27(23)34(29,30)16-7-3-2-4-8-16/h2-13H,14H2,1H3,(H,24,26,28). The van der Waals surface area contributed by atoms with Crippen LogP contribution in [0.5, 0.6) is 5.75 Å². The smallest absolute Gasteiger partial charge is 0.270 e. The maximum atomic E-state index is 13.4. The van der Waals surface area contributed by atoms with Gasteiger partial charge >= 0.3 is 0 Å². The average Bonchev–Trinajstić information content (AvgIpc) is 3.43. The Morgan fingerprint density at radius 1 is 1.03 bits per heavy atom. The van der Waals surface area contributed by atoms with Gasteiger partial charge in [0.15, 0.2) is 10.3 Å². The van der Waals surface area contributed by atoms with E-state index in [0.29, 0.717) is 21.9 Å². The average molecular weight is 511 g/mol. The predicted octanol–water partition coefficient (Wildman–Crippen LogP) is 4.62. The zero-order valence-electron chi connectivity index (χ0n) is 17.8. The highest BCUT2D eigenvalue weighted by Gasteiger charge is 2.25. The van der Waals surface area contributed by atoms with E-state index in [1.807, 2.05) is 12.1 Å². The van der Waals surface area contributed by atoms with E-state index in [1.165, 1.54) is 27.4 Å². The Bertz CT molecular complexity index is 1610. The molecule has 2 heterocycles. The van der Waals surface area contributed by atoms with Crippen LogP contribution in [0.25, 0.3) is 21.3 Å². The van der Waals surface area contributed by atoms with Gasteiger partial charge in [0.25, 0.3) is 10.0 Å². The number of methoxy groups -OCH3 is 1. The fourth-order valence-corrected chi connectivity index (χ4v) is 6.82. The summed E-state index contributed by atoms with van der Waals surface area (Å²) in [4.78, 5) is 21.7. The number of fused-ring (bicyclic) bond motifs is 2. The van der Waals surface area contributed by atoms with Crippen molar-refractivity contribution in [2.24, 2.45) is 0 Å². The van der Waals surface area contributed by atoms with Crippen LogP contribution in [0.2, 0.25) is 0 Å². The molecule has 0 aliphatic carbocycles. The van der Waals surface area contributed by atoms with E-state index >= 15 is 0 Å². The van der Waals surface area contributed by atoms with Crippen molar-refractivity contribution in [1.29, 1.82) is 0 Å². The van der Waals surface area contributed by atoms with Gasteiger partial charge in [0, 0.05) is 0 Å². The number of hydrogen-bond acceptors (Lipinski definition) is 8. The highest BCUT2D eigenvalue weighted by molar-refractivity contribution is 8.00. The summed E-state index contributed by atoms with van der Waals surface area (Å²) >= 11 is 2.39. The number of thioether (sulfide) groups is 1. The number of ether oxygens (including phenoxy) is 1. The van der Waals surface area contributed by atoms with Gasteiger partial charge in [0.2, 0.25) is 5.91 Å². The second kappa shape index (κ2) is 9.09. The SMILES string of the molecule is COc1ccc2nc(NC(=O)CSc3nc4ccccc4n3S(=O)(=O)c3ccccc3)sc2c1. The van der Waals surface area contributed by atoms with Gasteiger partial charge in [-0.1, -0.05) is 53.4 Å². The molecule has 1 N–H and O–H groups in total. The van der Waals surface area contributed by atoms with Crippen molar-refractivity contribution in [3.8, 4) is 5.75 Å². The van der Waals surface area contributed by atoms with Crippen molar-refractivity contribution in [3.63, 3.8) is 0 Å². The molecule has 0 saturated heterocycles. The molecule has 0 bridgehead atoms. The summed E-state index contributed by atoms with van der Waals surface area (Å²) in [5, 5.41) is 3.46. The van der Waals surface area contributed by atoms with Gasteiger partial charge in [0.1, 0.15) is 5.75 Å². The van der Waals surface area contributed by atoms with Gasteiger partial charge in [-0.25, -0.2) is 22.4 Å². The number of benzene rings is 3. The minimum atomic E-state index is -3.90. The fraction of sp³-hybridized carbons (Fsp3) is 0.0870. The molecular formula is C23H18N4O4S3. The predicted molar refractivity (Wildman–Crippen MR) is 134 cm³/mol. The first-order valence-electron chi connectivity index (χ1n) is 10.1. The molecule has 0 atom stereocenters. The molecular weight excluding hydrogens is 492 g/mol. The van der Waals surface area contributed by atoms with Crippen LogP contribution >= 0.6 is 23.1 Å². The lowest BCUT2D eigenvalue weighted by molar-refractivity contribution is -0.113. The van der Waals surface area contributed by atoms with Gasteiger partial charge in [-0.2, -0.15) is 0 Å². The Hall–Kier alpha value is -3.41. The Kier molecular flexibility index (Phi) is 5.98. The number of hydrogen-bond donors (Lipinski definition) is 1. The molecule has 0 aliphatic rings. The second-order valence-electron chi connectivity index (χ2n) is 7.16. The largest absolute Gasteiger partial charge is 0.497 e. The van der Waals surface area contributed by atoms with Crippen LogP contribution in [0, 0.1) is 0 Å². The van der Waals surface area contributed by atoms with E-state index in [-0.39, 0.29) is 21.7 Å². The first-order chi connectivity index (χ1) is 16.5. The van der Waals surface area contributed by atoms with Gasteiger partial charge in [0.05, 0.1) is 39.0 Å². The van der Waals surface area contributed by atoms with Crippen LogP contribution in [-0.4, -0.2) is 41.1 Å². The van der Waals surface area contributed by atoms with E-state index in [9.17, 15) is 13.2 Å². The fourth-order valence-electron chi connectivity index (χ4n) is 3.37. The van der Waals surface area contributed by atoms with Gasteiger partial charge in [-0.05, 0) is 42.5 Å². The third-order valence-electron chi connectivity index (χ3n) is 4.95. The normalized spacial score (nSPS) is 11.7. The van der Waals surface area contributed by atoms with Gasteiger partial charge in [-0.15, -0.1) is 0 Å². The molecule has 11 heteroatoms. The molecule has 1 amide bonds. The van der Waals surface area contributed by atoms with Crippen LogP contribution < -0.4 is 10.1 Å². The molecule has 5 rings (SSSR count). The minimum Gasteiger partial charge on any atom is -0.497 e. The van der Waals surface area contributed by atoms with Crippen LogP contribution in [0.1, 0.15) is 0 Å². The highest BCUT2D eigenvalue weighted by Crippen LogP contribution is 2.31. The van der Waals surface area contributed by atoms with Crippen LogP contribution in [-0.2, 0) is 14.8 Å². The summed E-state index contributed by atoms with van der Waals surface area (Å²) in [6.07, 6.45) is 0. The molecule has 0 aliphatic heterocycles. The molecule has 34 heavy (non-hydrogen) atoms. The monoisotopic (exact) mass is 510 g/mol. The first kappa shape index (κ1) is 22.4. The molecule has 8 nitrogen and oxygen atoms in total. The molecule has 2 aromatic heterocycles. The molecule has 5 aromatic rings. The number of aromatic nitrogens is 3. The van der Waals surface area contributed by atoms with Crippen molar-refractivity contribution in [1.82, 2.24) is 13.9 Å². The van der Waals surface area contributed by atoms with E-state index in [1.54, 1.807) is 55.6 Å². The van der Waals surface area contributed by atoms with Crippen LogP contribution in [0.15, 0.2) is 82.8 Å². The van der Waals surface area contributed by atoms with Crippen molar-refractivity contribution < 1.29 is 17.9 Å². The number of nitrogens with zero attached hydrogens (tertiary/aromatic N) is 3. The Morgan fingerprint density at radius 3 is 2.59 bits per heavy atom. The summed E-state index contributed by atoms with van der Waals surface area (Å²) in [6, 6.07) is 20.6. The van der Waals surface area contributed by atoms with Crippen molar-refractivity contribution in [2.75, 3.05) is 18.2 Å². The zero-order chi connectivity index (χ0) is 23.7. The number of para-hydroxylation sites is 2. The van der Waals surface area contributed by atoms with Crippen LogP contribution in [0.3, 0.4) is 0 Å². The minimum absolute atomic E-state index is 0.0348. The van der Waals surface area contributed by atoms with Gasteiger partial charge in [-0.3, -0.25) is 4.79 Å². The lowest BCUT2D eigenvalue weighted by atomic mass is 10.3. The second-order valence-corrected chi connectivity index (χ2v) is 10.9. The summed E-state index contributed by atoms with van der Waals surface area (Å²) in [5.41, 5.74) is 1.74. The zero-order valence-corrected chi connectivity index (χ0v) is 20.3. The number of amides is 1. The number of carbonyl (C=O) groups excluding carboxylic acids is 1. The molecule has 0 fully saturated rings. The van der Waals surface area contributed by atoms with Gasteiger partial charge < -0.3 is 10.1 Å². The number of rotatable bonds is 7. The summed E-state index contributed by atoms with van der Waals surface area (Å²) in [7, 11) is -2.31. The summed E-state index contributed by atoms with van der Waals surface area (Å²) < 4.78 is 34.1. The quantitative estimate of drug-likeness (QED) is 0.319. The van der Waals surface area contributed by atoms with E-state index in [0.717, 1.165) is 22.0 Å². The number of thiazole rings is 1. The number of nitrogens with one attached hydrogen (secondary N) is 1. The molecule has 3 aromatic carbocycles. The maximum Gasteiger partial charge on any atom is 0.270 e. The summed E-state index contributed by atoms with van der Waals surface area (Å²) in [6.45, 7) is 0. The number of carbonyl (C=O) groups is 1. The lowest BCUT2D eigenvalue weighted by Gasteiger charge is -2.10. The topological polar surface area (TPSA) is 103 Å². The van der Waals surface area contributed by atoms with E-state index in [2.05, 4.69) is 15.3 Å². The molecule has 0 unspecified atom stereocenters. The van der Waals surface area contributed by atoms with Crippen LogP contribution in [0.4, 0.5) is 5.13 Å². The van der Waals surface area contributed by atoms with Crippen molar-refractivity contribution >= 4 is 65.4 Å². The third-order valence-corrected chi connectivity index (χ3v) is 8.65. The molecule has 172 valence electrons. The first-order valence-corrected chi connectivity index (χ1v) is 13.4. The Morgan fingerprint density at radius 2 is 1.79 bits per heavy atom. The van der Waals surface area contributed by atoms with Crippen molar-refractivity contribution in [3.05, 3.63) is 72.8 Å². The Labute approximate surface area is 203 Å². The Balaban J connectivity index is 1.40. The summed E-state index contributed by atoms with van der Waals surface area (Å²) in [5.74, 6) is 0.363.